The Hall–Kier alpha value is -0.620. The Morgan fingerprint density at radius 3 is 2.62 bits per heavy atom. The van der Waals surface area contributed by atoms with Gasteiger partial charge in [0.1, 0.15) is 0 Å². The van der Waals surface area contributed by atoms with Crippen molar-refractivity contribution in [2.24, 2.45) is 11.1 Å². The van der Waals surface area contributed by atoms with Crippen molar-refractivity contribution in [1.82, 2.24) is 9.97 Å². The van der Waals surface area contributed by atoms with E-state index in [1.165, 1.54) is 0 Å². The average molecular weight is 335 g/mol. The van der Waals surface area contributed by atoms with Gasteiger partial charge in [0.05, 0.1) is 18.9 Å². The highest BCUT2D eigenvalue weighted by atomic mass is 35.5. The first kappa shape index (κ1) is 18.4. The maximum absolute atomic E-state index is 6.24. The van der Waals surface area contributed by atoms with Gasteiger partial charge in [0, 0.05) is 30.9 Å². The smallest absolute Gasteiger partial charge is 0.225 e. The van der Waals surface area contributed by atoms with Crippen LogP contribution in [-0.2, 0) is 11.2 Å². The lowest BCUT2D eigenvalue weighted by Gasteiger charge is -2.35. The molecule has 0 amide bonds. The standard InChI is InChI=1S/C14H22N4O.2ClH/c1-14(2)7-11(15)10-9-16-13(17-12(10)8-14)18-3-5-19-6-4-18;;/h9,11H,3-8,15H2,1-2H3;2*1H. The molecule has 0 aromatic carbocycles. The Morgan fingerprint density at radius 1 is 1.29 bits per heavy atom. The molecule has 120 valence electrons. The minimum absolute atomic E-state index is 0. The highest BCUT2D eigenvalue weighted by Gasteiger charge is 2.32. The maximum atomic E-state index is 6.24. The molecule has 0 saturated carbocycles. The number of anilines is 1. The first-order valence-corrected chi connectivity index (χ1v) is 6.99. The first-order valence-electron chi connectivity index (χ1n) is 6.99. The fraction of sp³-hybridized carbons (Fsp3) is 0.714. The van der Waals surface area contributed by atoms with Crippen LogP contribution in [0.25, 0.3) is 0 Å². The quantitative estimate of drug-likeness (QED) is 0.852. The lowest BCUT2D eigenvalue weighted by molar-refractivity contribution is 0.122. The molecule has 1 fully saturated rings. The van der Waals surface area contributed by atoms with E-state index < -0.39 is 0 Å². The molecular formula is C14H24Cl2N4O. The second-order valence-electron chi connectivity index (χ2n) is 6.32. The van der Waals surface area contributed by atoms with E-state index in [0.717, 1.165) is 56.4 Å². The van der Waals surface area contributed by atoms with E-state index in [1.54, 1.807) is 0 Å². The molecule has 5 nitrogen and oxygen atoms in total. The van der Waals surface area contributed by atoms with Crippen LogP contribution >= 0.6 is 24.8 Å². The van der Waals surface area contributed by atoms with Crippen LogP contribution in [0.1, 0.15) is 37.6 Å². The van der Waals surface area contributed by atoms with E-state index in [4.69, 9.17) is 15.5 Å². The van der Waals surface area contributed by atoms with Crippen LogP contribution in [0.4, 0.5) is 5.95 Å². The van der Waals surface area contributed by atoms with Crippen LogP contribution in [0, 0.1) is 5.41 Å². The van der Waals surface area contributed by atoms with E-state index in [0.29, 0.717) is 0 Å². The third-order valence-corrected chi connectivity index (χ3v) is 4.00. The number of hydrogen-bond donors (Lipinski definition) is 1. The summed E-state index contributed by atoms with van der Waals surface area (Å²) in [6.45, 7) is 7.76. The zero-order valence-electron chi connectivity index (χ0n) is 12.5. The van der Waals surface area contributed by atoms with Crippen LogP contribution in [0.15, 0.2) is 6.20 Å². The Bertz CT molecular complexity index is 478. The predicted octanol–water partition coefficient (Wildman–Crippen LogP) is 2.13. The van der Waals surface area contributed by atoms with Gasteiger partial charge in [-0.1, -0.05) is 13.8 Å². The summed E-state index contributed by atoms with van der Waals surface area (Å²) < 4.78 is 5.37. The molecule has 2 heterocycles. The minimum Gasteiger partial charge on any atom is -0.378 e. The van der Waals surface area contributed by atoms with Crippen molar-refractivity contribution in [3.63, 3.8) is 0 Å². The molecule has 0 spiro atoms. The van der Waals surface area contributed by atoms with Crippen LogP contribution in [-0.4, -0.2) is 36.3 Å². The number of ether oxygens (including phenoxy) is 1. The number of fused-ring (bicyclic) bond motifs is 1. The van der Waals surface area contributed by atoms with Crippen LogP contribution in [0.3, 0.4) is 0 Å². The summed E-state index contributed by atoms with van der Waals surface area (Å²) in [6, 6.07) is 0.0671. The zero-order chi connectivity index (χ0) is 13.5. The molecule has 2 aliphatic rings. The van der Waals surface area contributed by atoms with Gasteiger partial charge in [0.2, 0.25) is 5.95 Å². The lowest BCUT2D eigenvalue weighted by Crippen LogP contribution is -2.38. The molecule has 1 atom stereocenters. The molecule has 21 heavy (non-hydrogen) atoms. The molecule has 3 rings (SSSR count). The fourth-order valence-corrected chi connectivity index (χ4v) is 3.01. The summed E-state index contributed by atoms with van der Waals surface area (Å²) in [5.74, 6) is 0.826. The van der Waals surface area contributed by atoms with Crippen molar-refractivity contribution in [3.8, 4) is 0 Å². The van der Waals surface area contributed by atoms with Crippen LogP contribution < -0.4 is 10.6 Å². The molecular weight excluding hydrogens is 311 g/mol. The highest BCUT2D eigenvalue weighted by Crippen LogP contribution is 2.38. The summed E-state index contributed by atoms with van der Waals surface area (Å²) in [7, 11) is 0. The lowest BCUT2D eigenvalue weighted by atomic mass is 9.74. The number of rotatable bonds is 1. The second kappa shape index (κ2) is 7.09. The molecule has 0 bridgehead atoms. The molecule has 0 radical (unpaired) electrons. The monoisotopic (exact) mass is 334 g/mol. The van der Waals surface area contributed by atoms with E-state index >= 15 is 0 Å². The predicted molar refractivity (Wildman–Crippen MR) is 88.6 cm³/mol. The number of nitrogens with zero attached hydrogens (tertiary/aromatic N) is 3. The second-order valence-corrected chi connectivity index (χ2v) is 6.32. The van der Waals surface area contributed by atoms with Crippen molar-refractivity contribution in [2.45, 2.75) is 32.7 Å². The molecule has 1 aromatic heterocycles. The van der Waals surface area contributed by atoms with Crippen molar-refractivity contribution >= 4 is 30.8 Å². The zero-order valence-corrected chi connectivity index (χ0v) is 14.2. The number of morpholine rings is 1. The van der Waals surface area contributed by atoms with E-state index in [2.05, 4.69) is 23.7 Å². The van der Waals surface area contributed by atoms with Crippen molar-refractivity contribution in [2.75, 3.05) is 31.2 Å². The molecule has 1 aliphatic carbocycles. The van der Waals surface area contributed by atoms with Crippen molar-refractivity contribution < 1.29 is 4.74 Å². The summed E-state index contributed by atoms with van der Waals surface area (Å²) in [6.07, 6.45) is 3.91. The van der Waals surface area contributed by atoms with Crippen molar-refractivity contribution in [1.29, 1.82) is 0 Å². The Balaban J connectivity index is 0.00000110. The number of halogens is 2. The Morgan fingerprint density at radius 2 is 1.95 bits per heavy atom. The molecule has 1 saturated heterocycles. The van der Waals surface area contributed by atoms with Gasteiger partial charge in [-0.2, -0.15) is 0 Å². The average Bonchev–Trinajstić information content (AvgIpc) is 2.37. The summed E-state index contributed by atoms with van der Waals surface area (Å²) in [5, 5.41) is 0. The number of nitrogens with two attached hydrogens (primary N) is 1. The topological polar surface area (TPSA) is 64.3 Å². The molecule has 7 heteroatoms. The van der Waals surface area contributed by atoms with E-state index in [-0.39, 0.29) is 36.3 Å². The Kier molecular flexibility index (Phi) is 6.23. The first-order chi connectivity index (χ1) is 9.05. The number of aromatic nitrogens is 2. The fourth-order valence-electron chi connectivity index (χ4n) is 3.01. The SMILES string of the molecule is CC1(C)Cc2nc(N3CCOCC3)ncc2C(N)C1.Cl.Cl. The van der Waals surface area contributed by atoms with Crippen molar-refractivity contribution in [3.05, 3.63) is 17.5 Å². The van der Waals surface area contributed by atoms with Gasteiger partial charge in [-0.25, -0.2) is 9.97 Å². The minimum atomic E-state index is 0. The highest BCUT2D eigenvalue weighted by molar-refractivity contribution is 5.85. The molecule has 1 unspecified atom stereocenters. The molecule has 1 aromatic rings. The van der Waals surface area contributed by atoms with Crippen LogP contribution in [0.2, 0.25) is 0 Å². The largest absolute Gasteiger partial charge is 0.378 e. The van der Waals surface area contributed by atoms with Gasteiger partial charge in [0.25, 0.3) is 0 Å². The van der Waals surface area contributed by atoms with Gasteiger partial charge < -0.3 is 15.4 Å². The summed E-state index contributed by atoms with van der Waals surface area (Å²) in [5.41, 5.74) is 8.71. The maximum Gasteiger partial charge on any atom is 0.225 e. The summed E-state index contributed by atoms with van der Waals surface area (Å²) in [4.78, 5) is 11.4. The normalized spacial score (nSPS) is 23.6. The van der Waals surface area contributed by atoms with Crippen LogP contribution in [0.5, 0.6) is 0 Å². The van der Waals surface area contributed by atoms with Gasteiger partial charge in [0.15, 0.2) is 0 Å². The third-order valence-electron chi connectivity index (χ3n) is 4.00. The summed E-state index contributed by atoms with van der Waals surface area (Å²) >= 11 is 0. The van der Waals surface area contributed by atoms with E-state index in [9.17, 15) is 0 Å². The van der Waals surface area contributed by atoms with E-state index in [1.807, 2.05) is 6.20 Å². The van der Waals surface area contributed by atoms with Gasteiger partial charge in [-0.3, -0.25) is 0 Å². The molecule has 1 aliphatic heterocycles. The van der Waals surface area contributed by atoms with Gasteiger partial charge in [-0.15, -0.1) is 24.8 Å². The van der Waals surface area contributed by atoms with Gasteiger partial charge >= 0.3 is 0 Å². The number of hydrogen-bond acceptors (Lipinski definition) is 5. The molecule has 2 N–H and O–H groups in total. The van der Waals surface area contributed by atoms with Gasteiger partial charge in [-0.05, 0) is 18.3 Å². The third kappa shape index (κ3) is 3.97. The Labute approximate surface area is 138 Å².